The summed E-state index contributed by atoms with van der Waals surface area (Å²) in [5, 5.41) is 0. The average molecular weight is 243 g/mol. The molecule has 0 atom stereocenters. The van der Waals surface area contributed by atoms with E-state index in [0.29, 0.717) is 0 Å². The Kier molecular flexibility index (Phi) is 3.49. The predicted molar refractivity (Wildman–Crippen MR) is 72.5 cm³/mol. The van der Waals surface area contributed by atoms with Gasteiger partial charge in [-0.3, -0.25) is 4.98 Å². The van der Waals surface area contributed by atoms with E-state index in [1.165, 1.54) is 32.1 Å². The van der Waals surface area contributed by atoms with E-state index in [1.54, 1.807) is 0 Å². The van der Waals surface area contributed by atoms with Gasteiger partial charge in [0.15, 0.2) is 0 Å². The van der Waals surface area contributed by atoms with Crippen LogP contribution in [0.5, 0.6) is 0 Å². The van der Waals surface area contributed by atoms with Crippen molar-refractivity contribution in [2.24, 2.45) is 0 Å². The molecule has 2 heterocycles. The Labute approximate surface area is 109 Å². The van der Waals surface area contributed by atoms with Crippen LogP contribution in [-0.2, 0) is 6.54 Å². The molecule has 0 spiro atoms. The molecule has 0 amide bonds. The quantitative estimate of drug-likeness (QED) is 0.813. The van der Waals surface area contributed by atoms with E-state index in [1.807, 2.05) is 12.3 Å². The summed E-state index contributed by atoms with van der Waals surface area (Å²) in [5.41, 5.74) is 1.15. The van der Waals surface area contributed by atoms with E-state index >= 15 is 0 Å². The second-order valence-corrected chi connectivity index (χ2v) is 5.31. The molecule has 3 rings (SSSR count). The zero-order valence-electron chi connectivity index (χ0n) is 10.8. The second kappa shape index (κ2) is 5.42. The molecule has 1 fully saturated rings. The van der Waals surface area contributed by atoms with Crippen molar-refractivity contribution in [3.63, 3.8) is 0 Å². The molecule has 0 N–H and O–H groups in total. The van der Waals surface area contributed by atoms with Gasteiger partial charge in [-0.15, -0.1) is 0 Å². The molecule has 3 heteroatoms. The van der Waals surface area contributed by atoms with Gasteiger partial charge in [0.2, 0.25) is 0 Å². The summed E-state index contributed by atoms with van der Waals surface area (Å²) in [6.07, 6.45) is 13.3. The Morgan fingerprint density at radius 1 is 1.11 bits per heavy atom. The van der Waals surface area contributed by atoms with E-state index in [4.69, 9.17) is 0 Å². The van der Waals surface area contributed by atoms with Crippen LogP contribution < -0.4 is 0 Å². The van der Waals surface area contributed by atoms with Gasteiger partial charge in [-0.2, -0.15) is 0 Å². The second-order valence-electron chi connectivity index (χ2n) is 5.31. The summed E-state index contributed by atoms with van der Waals surface area (Å²) in [6, 6.07) is 6.89. The fraction of sp³-hybridized carbons (Fsp3) is 0.533. The molecular formula is C15H21N3. The van der Waals surface area contributed by atoms with Gasteiger partial charge < -0.3 is 9.80 Å². The maximum atomic E-state index is 4.39. The normalized spacial score (nSPS) is 20.7. The summed E-state index contributed by atoms with van der Waals surface area (Å²) in [7, 11) is 0. The molecule has 1 aromatic heterocycles. The first-order valence-corrected chi connectivity index (χ1v) is 7.00. The van der Waals surface area contributed by atoms with Crippen LogP contribution in [0.3, 0.4) is 0 Å². The van der Waals surface area contributed by atoms with Crippen molar-refractivity contribution in [2.75, 3.05) is 6.67 Å². The van der Waals surface area contributed by atoms with Gasteiger partial charge in [0.1, 0.15) is 0 Å². The molecule has 2 aliphatic rings. The van der Waals surface area contributed by atoms with Gasteiger partial charge in [-0.05, 0) is 25.0 Å². The third kappa shape index (κ3) is 2.66. The van der Waals surface area contributed by atoms with Crippen LogP contribution in [0.4, 0.5) is 0 Å². The highest BCUT2D eigenvalue weighted by molar-refractivity contribution is 5.05. The van der Waals surface area contributed by atoms with Crippen LogP contribution in [0.25, 0.3) is 0 Å². The van der Waals surface area contributed by atoms with Crippen molar-refractivity contribution in [1.29, 1.82) is 0 Å². The van der Waals surface area contributed by atoms with Crippen molar-refractivity contribution >= 4 is 0 Å². The minimum absolute atomic E-state index is 0.767. The molecule has 0 unspecified atom stereocenters. The molecule has 0 bridgehead atoms. The Balaban J connectivity index is 1.54. The van der Waals surface area contributed by atoms with E-state index < -0.39 is 0 Å². The van der Waals surface area contributed by atoms with Crippen LogP contribution in [0.1, 0.15) is 37.8 Å². The van der Waals surface area contributed by atoms with Crippen LogP contribution in [0.15, 0.2) is 36.8 Å². The number of rotatable bonds is 3. The highest BCUT2D eigenvalue weighted by Crippen LogP contribution is 2.25. The first-order valence-electron chi connectivity index (χ1n) is 7.00. The summed E-state index contributed by atoms with van der Waals surface area (Å²) in [4.78, 5) is 9.23. The van der Waals surface area contributed by atoms with Crippen molar-refractivity contribution in [3.8, 4) is 0 Å². The topological polar surface area (TPSA) is 19.4 Å². The molecule has 0 saturated heterocycles. The smallest absolute Gasteiger partial charge is 0.0900 e. The number of aromatic nitrogens is 1. The van der Waals surface area contributed by atoms with Crippen LogP contribution in [0, 0.1) is 0 Å². The molecule has 0 radical (unpaired) electrons. The van der Waals surface area contributed by atoms with Crippen molar-refractivity contribution in [3.05, 3.63) is 42.5 Å². The van der Waals surface area contributed by atoms with Gasteiger partial charge in [0.25, 0.3) is 0 Å². The molecule has 18 heavy (non-hydrogen) atoms. The lowest BCUT2D eigenvalue weighted by atomic mass is 9.95. The molecule has 1 aromatic rings. The van der Waals surface area contributed by atoms with Crippen molar-refractivity contribution < 1.29 is 0 Å². The maximum Gasteiger partial charge on any atom is 0.0900 e. The summed E-state index contributed by atoms with van der Waals surface area (Å²) >= 11 is 0. The van der Waals surface area contributed by atoms with E-state index in [0.717, 1.165) is 24.9 Å². The summed E-state index contributed by atoms with van der Waals surface area (Å²) < 4.78 is 0. The number of hydrogen-bond donors (Lipinski definition) is 0. The minimum Gasteiger partial charge on any atom is -0.356 e. The van der Waals surface area contributed by atoms with Crippen molar-refractivity contribution in [1.82, 2.24) is 14.8 Å². The minimum atomic E-state index is 0.767. The summed E-state index contributed by atoms with van der Waals surface area (Å²) in [6.45, 7) is 1.95. The lowest BCUT2D eigenvalue weighted by Crippen LogP contribution is -2.35. The lowest BCUT2D eigenvalue weighted by Gasteiger charge is -2.32. The largest absolute Gasteiger partial charge is 0.356 e. The van der Waals surface area contributed by atoms with E-state index in [-0.39, 0.29) is 0 Å². The number of hydrogen-bond acceptors (Lipinski definition) is 3. The molecule has 96 valence electrons. The highest BCUT2D eigenvalue weighted by atomic mass is 15.4. The first-order chi connectivity index (χ1) is 8.92. The molecule has 3 nitrogen and oxygen atoms in total. The molecule has 1 aliphatic heterocycles. The Hall–Kier alpha value is -1.51. The van der Waals surface area contributed by atoms with Gasteiger partial charge in [-0.25, -0.2) is 0 Å². The SMILES string of the molecule is C1=CN(C2CCCCC2)CN1Cc1ccccn1. The highest BCUT2D eigenvalue weighted by Gasteiger charge is 2.22. The monoisotopic (exact) mass is 243 g/mol. The van der Waals surface area contributed by atoms with Crippen molar-refractivity contribution in [2.45, 2.75) is 44.7 Å². The lowest BCUT2D eigenvalue weighted by molar-refractivity contribution is 0.172. The summed E-state index contributed by atoms with van der Waals surface area (Å²) in [5.74, 6) is 0. The molecule has 1 saturated carbocycles. The maximum absolute atomic E-state index is 4.39. The first kappa shape index (κ1) is 11.6. The zero-order valence-corrected chi connectivity index (χ0v) is 10.8. The Morgan fingerprint density at radius 3 is 2.78 bits per heavy atom. The standard InChI is InChI=1S/C15H21N3/c1-2-7-15(8-3-1)18-11-10-17(13-18)12-14-6-4-5-9-16-14/h4-6,9-11,15H,1-3,7-8,12-13H2. The average Bonchev–Trinajstić information content (AvgIpc) is 2.89. The van der Waals surface area contributed by atoms with Crippen LogP contribution in [-0.4, -0.2) is 27.5 Å². The van der Waals surface area contributed by atoms with Gasteiger partial charge in [0.05, 0.1) is 18.9 Å². The van der Waals surface area contributed by atoms with Crippen LogP contribution >= 0.6 is 0 Å². The third-order valence-corrected chi connectivity index (χ3v) is 3.95. The fourth-order valence-corrected chi connectivity index (χ4v) is 2.94. The fourth-order valence-electron chi connectivity index (χ4n) is 2.94. The molecule has 1 aliphatic carbocycles. The molecule has 0 aromatic carbocycles. The predicted octanol–water partition coefficient (Wildman–Crippen LogP) is 2.96. The Morgan fingerprint density at radius 2 is 2.00 bits per heavy atom. The van der Waals surface area contributed by atoms with E-state index in [9.17, 15) is 0 Å². The van der Waals surface area contributed by atoms with Crippen LogP contribution in [0.2, 0.25) is 0 Å². The molecular weight excluding hydrogens is 222 g/mol. The zero-order chi connectivity index (χ0) is 12.2. The van der Waals surface area contributed by atoms with Gasteiger partial charge in [0, 0.05) is 24.6 Å². The van der Waals surface area contributed by atoms with Gasteiger partial charge >= 0.3 is 0 Å². The Bertz CT molecular complexity index is 395. The third-order valence-electron chi connectivity index (χ3n) is 3.95. The van der Waals surface area contributed by atoms with E-state index in [2.05, 4.69) is 39.3 Å². The number of pyridine rings is 1. The number of nitrogens with zero attached hydrogens (tertiary/aromatic N) is 3. The van der Waals surface area contributed by atoms with Gasteiger partial charge in [-0.1, -0.05) is 25.3 Å².